The molecule has 0 bridgehead atoms. The minimum absolute atomic E-state index is 0.573. The smallest absolute Gasteiger partial charge is 0.0575 e. The quantitative estimate of drug-likeness (QED) is 0.373. The van der Waals surface area contributed by atoms with E-state index in [2.05, 4.69) is 44.2 Å². The lowest BCUT2D eigenvalue weighted by atomic mass is 9.67. The maximum Gasteiger partial charge on any atom is 0.0575 e. The molecule has 0 aromatic heterocycles. The summed E-state index contributed by atoms with van der Waals surface area (Å²) in [5, 5.41) is 0. The highest BCUT2D eigenvalue weighted by atomic mass is 16.5. The highest BCUT2D eigenvalue weighted by molar-refractivity contribution is 5.18. The number of hydrogen-bond acceptors (Lipinski definition) is 1. The number of ether oxygens (including phenoxy) is 1. The van der Waals surface area contributed by atoms with Crippen molar-refractivity contribution < 1.29 is 4.74 Å². The van der Waals surface area contributed by atoms with Crippen LogP contribution in [0.15, 0.2) is 30.3 Å². The Morgan fingerprint density at radius 2 is 1.19 bits per heavy atom. The second-order valence-corrected chi connectivity index (χ2v) is 11.8. The highest BCUT2D eigenvalue weighted by Crippen LogP contribution is 2.44. The van der Waals surface area contributed by atoms with Gasteiger partial charge < -0.3 is 4.74 Å². The minimum Gasteiger partial charge on any atom is -0.379 e. The predicted octanol–water partition coefficient (Wildman–Crippen LogP) is 9.17. The monoisotopic (exact) mass is 438 g/mol. The minimum atomic E-state index is 0.573. The van der Waals surface area contributed by atoms with Crippen molar-refractivity contribution in [3.05, 3.63) is 35.9 Å². The van der Waals surface area contributed by atoms with Crippen molar-refractivity contribution in [2.24, 2.45) is 29.6 Å². The summed E-state index contributed by atoms with van der Waals surface area (Å²) in [6, 6.07) is 11.2. The zero-order valence-corrected chi connectivity index (χ0v) is 21.2. The molecule has 1 unspecified atom stereocenters. The molecule has 1 aromatic rings. The average Bonchev–Trinajstić information content (AvgIpc) is 2.85. The molecular weight excluding hydrogens is 388 g/mol. The van der Waals surface area contributed by atoms with E-state index in [1.54, 1.807) is 0 Å². The van der Waals surface area contributed by atoms with Gasteiger partial charge in [0.25, 0.3) is 0 Å². The van der Waals surface area contributed by atoms with Crippen molar-refractivity contribution in [3.8, 4) is 0 Å². The highest BCUT2D eigenvalue weighted by Gasteiger charge is 2.31. The predicted molar refractivity (Wildman–Crippen MR) is 137 cm³/mol. The molecule has 0 spiro atoms. The molecule has 0 amide bonds. The molecule has 3 fully saturated rings. The molecule has 4 rings (SSSR count). The Morgan fingerprint density at radius 3 is 1.72 bits per heavy atom. The molecule has 0 heterocycles. The SMILES string of the molecule is CCOC1CCC(CCC2CCC(C3CCC(CC(C)c4ccccc4)CC3)CC2)CC1. The molecular formula is C31H50O. The zero-order chi connectivity index (χ0) is 22.2. The Kier molecular flexibility index (Phi) is 9.56. The van der Waals surface area contributed by atoms with E-state index in [9.17, 15) is 0 Å². The molecule has 1 atom stereocenters. The lowest BCUT2D eigenvalue weighted by Crippen LogP contribution is -2.26. The number of benzene rings is 1. The van der Waals surface area contributed by atoms with Crippen LogP contribution in [0.5, 0.6) is 0 Å². The first kappa shape index (κ1) is 24.3. The Morgan fingerprint density at radius 1 is 0.688 bits per heavy atom. The Balaban J connectivity index is 1.09. The van der Waals surface area contributed by atoms with Crippen molar-refractivity contribution >= 4 is 0 Å². The molecule has 3 saturated carbocycles. The lowest BCUT2D eigenvalue weighted by molar-refractivity contribution is 0.0237. The van der Waals surface area contributed by atoms with Crippen LogP contribution in [0, 0.1) is 29.6 Å². The fourth-order valence-corrected chi connectivity index (χ4v) is 7.56. The van der Waals surface area contributed by atoms with E-state index in [4.69, 9.17) is 4.74 Å². The normalized spacial score (nSPS) is 34.8. The number of hydrogen-bond donors (Lipinski definition) is 0. The van der Waals surface area contributed by atoms with Gasteiger partial charge in [-0.05, 0) is 106 Å². The summed E-state index contributed by atoms with van der Waals surface area (Å²) in [4.78, 5) is 0. The molecule has 3 aliphatic carbocycles. The average molecular weight is 439 g/mol. The van der Waals surface area contributed by atoms with Gasteiger partial charge in [-0.15, -0.1) is 0 Å². The third kappa shape index (κ3) is 7.09. The maximum atomic E-state index is 5.84. The molecule has 0 saturated heterocycles. The van der Waals surface area contributed by atoms with E-state index >= 15 is 0 Å². The standard InChI is InChI=1S/C31H50O/c1-3-32-31-21-15-26(16-22-31)10-9-25-11-17-29(18-12-25)30-19-13-27(14-20-30)23-24(2)28-7-5-4-6-8-28/h4-8,24-27,29-31H,3,9-23H2,1-2H3. The molecule has 1 heteroatoms. The van der Waals surface area contributed by atoms with Crippen LogP contribution in [0.2, 0.25) is 0 Å². The van der Waals surface area contributed by atoms with Crippen LogP contribution in [0.3, 0.4) is 0 Å². The molecule has 32 heavy (non-hydrogen) atoms. The van der Waals surface area contributed by atoms with Crippen molar-refractivity contribution in [1.29, 1.82) is 0 Å². The van der Waals surface area contributed by atoms with Crippen LogP contribution in [0.4, 0.5) is 0 Å². The number of rotatable bonds is 9. The van der Waals surface area contributed by atoms with E-state index in [1.165, 1.54) is 102 Å². The van der Waals surface area contributed by atoms with Crippen LogP contribution in [-0.4, -0.2) is 12.7 Å². The van der Waals surface area contributed by atoms with Crippen molar-refractivity contribution in [3.63, 3.8) is 0 Å². The van der Waals surface area contributed by atoms with Crippen LogP contribution < -0.4 is 0 Å². The molecule has 1 nitrogen and oxygen atoms in total. The fourth-order valence-electron chi connectivity index (χ4n) is 7.56. The van der Waals surface area contributed by atoms with Crippen LogP contribution in [0.25, 0.3) is 0 Å². The van der Waals surface area contributed by atoms with Crippen LogP contribution >= 0.6 is 0 Å². The Labute approximate surface area is 199 Å². The summed E-state index contributed by atoms with van der Waals surface area (Å²) in [6.07, 6.45) is 22.6. The van der Waals surface area contributed by atoms with Crippen LogP contribution in [0.1, 0.15) is 122 Å². The van der Waals surface area contributed by atoms with E-state index < -0.39 is 0 Å². The second-order valence-electron chi connectivity index (χ2n) is 11.8. The second kappa shape index (κ2) is 12.6. The van der Waals surface area contributed by atoms with Gasteiger partial charge in [0.05, 0.1) is 6.10 Å². The Bertz CT molecular complexity index is 615. The van der Waals surface area contributed by atoms with E-state index in [-0.39, 0.29) is 0 Å². The summed E-state index contributed by atoms with van der Waals surface area (Å²) in [5.41, 5.74) is 1.54. The fraction of sp³-hybridized carbons (Fsp3) is 0.806. The zero-order valence-electron chi connectivity index (χ0n) is 21.2. The maximum absolute atomic E-state index is 5.84. The summed E-state index contributed by atoms with van der Waals surface area (Å²) in [6.45, 7) is 5.47. The third-order valence-corrected chi connectivity index (χ3v) is 9.68. The summed E-state index contributed by atoms with van der Waals surface area (Å²) in [5.74, 6) is 5.84. The van der Waals surface area contributed by atoms with Gasteiger partial charge in [-0.1, -0.05) is 75.8 Å². The first-order valence-electron chi connectivity index (χ1n) is 14.4. The topological polar surface area (TPSA) is 9.23 Å². The van der Waals surface area contributed by atoms with Gasteiger partial charge in [0.2, 0.25) is 0 Å². The lowest BCUT2D eigenvalue weighted by Gasteiger charge is -2.38. The summed E-state index contributed by atoms with van der Waals surface area (Å²) >= 11 is 0. The molecule has 3 aliphatic rings. The summed E-state index contributed by atoms with van der Waals surface area (Å²) in [7, 11) is 0. The van der Waals surface area contributed by atoms with Crippen LogP contribution in [-0.2, 0) is 4.74 Å². The molecule has 0 aliphatic heterocycles. The molecule has 180 valence electrons. The third-order valence-electron chi connectivity index (χ3n) is 9.68. The van der Waals surface area contributed by atoms with Crippen molar-refractivity contribution in [2.75, 3.05) is 6.61 Å². The van der Waals surface area contributed by atoms with E-state index in [1.807, 2.05) is 0 Å². The van der Waals surface area contributed by atoms with E-state index in [0.717, 1.165) is 42.1 Å². The van der Waals surface area contributed by atoms with Crippen molar-refractivity contribution in [1.82, 2.24) is 0 Å². The van der Waals surface area contributed by atoms with E-state index in [0.29, 0.717) is 6.10 Å². The largest absolute Gasteiger partial charge is 0.379 e. The molecule has 0 radical (unpaired) electrons. The van der Waals surface area contributed by atoms with Gasteiger partial charge in [-0.3, -0.25) is 0 Å². The first-order chi connectivity index (χ1) is 15.7. The van der Waals surface area contributed by atoms with Gasteiger partial charge in [-0.2, -0.15) is 0 Å². The van der Waals surface area contributed by atoms with Gasteiger partial charge in [0.15, 0.2) is 0 Å². The Hall–Kier alpha value is -0.820. The summed E-state index contributed by atoms with van der Waals surface area (Å²) < 4.78 is 5.84. The first-order valence-corrected chi connectivity index (χ1v) is 14.4. The molecule has 1 aromatic carbocycles. The van der Waals surface area contributed by atoms with Gasteiger partial charge in [-0.25, -0.2) is 0 Å². The molecule has 0 N–H and O–H groups in total. The van der Waals surface area contributed by atoms with Gasteiger partial charge in [0, 0.05) is 6.61 Å². The van der Waals surface area contributed by atoms with Crippen molar-refractivity contribution in [2.45, 2.75) is 122 Å². The van der Waals surface area contributed by atoms with Gasteiger partial charge >= 0.3 is 0 Å². The van der Waals surface area contributed by atoms with Gasteiger partial charge in [0.1, 0.15) is 0 Å².